The van der Waals surface area contributed by atoms with E-state index < -0.39 is 6.29 Å². The second-order valence-corrected chi connectivity index (χ2v) is 3.31. The van der Waals surface area contributed by atoms with Crippen molar-refractivity contribution in [2.24, 2.45) is 0 Å². The highest BCUT2D eigenvalue weighted by molar-refractivity contribution is 5.89. The minimum absolute atomic E-state index is 0.332. The smallest absolute Gasteiger partial charge is 0.338 e. The fourth-order valence-electron chi connectivity index (χ4n) is 1.28. The summed E-state index contributed by atoms with van der Waals surface area (Å²) in [5, 5.41) is 9.26. The molecule has 0 saturated carbocycles. The van der Waals surface area contributed by atoms with Crippen molar-refractivity contribution in [2.75, 3.05) is 13.7 Å². The number of methoxy groups -OCH3 is 1. The molecule has 88 valence electrons. The van der Waals surface area contributed by atoms with Crippen LogP contribution < -0.4 is 0 Å². The van der Waals surface area contributed by atoms with Crippen molar-refractivity contribution in [3.63, 3.8) is 0 Å². The van der Waals surface area contributed by atoms with Crippen LogP contribution in [0.15, 0.2) is 24.3 Å². The Morgan fingerprint density at radius 3 is 2.50 bits per heavy atom. The van der Waals surface area contributed by atoms with E-state index in [9.17, 15) is 9.90 Å². The summed E-state index contributed by atoms with van der Waals surface area (Å²) in [7, 11) is 1.44. The van der Waals surface area contributed by atoms with Crippen molar-refractivity contribution in [1.82, 2.24) is 0 Å². The maximum absolute atomic E-state index is 11.3. The number of carbonyl (C=O) groups is 1. The Kier molecular flexibility index (Phi) is 4.95. The topological polar surface area (TPSA) is 55.8 Å². The van der Waals surface area contributed by atoms with Gasteiger partial charge in [0.05, 0.1) is 12.2 Å². The van der Waals surface area contributed by atoms with Gasteiger partial charge in [0.25, 0.3) is 0 Å². The molecule has 0 fully saturated rings. The van der Waals surface area contributed by atoms with E-state index in [0.29, 0.717) is 18.6 Å². The number of benzene rings is 1. The van der Waals surface area contributed by atoms with Crippen molar-refractivity contribution in [1.29, 1.82) is 0 Å². The Morgan fingerprint density at radius 1 is 1.38 bits per heavy atom. The fraction of sp³-hybridized carbons (Fsp3) is 0.417. The molecule has 0 radical (unpaired) electrons. The van der Waals surface area contributed by atoms with Gasteiger partial charge in [-0.2, -0.15) is 0 Å². The molecule has 0 saturated heterocycles. The minimum Gasteiger partial charge on any atom is -0.462 e. The molecule has 16 heavy (non-hydrogen) atoms. The molecule has 1 atom stereocenters. The quantitative estimate of drug-likeness (QED) is 0.606. The van der Waals surface area contributed by atoms with Gasteiger partial charge in [0.2, 0.25) is 0 Å². The van der Waals surface area contributed by atoms with Crippen LogP contribution in [0.2, 0.25) is 0 Å². The summed E-state index contributed by atoms with van der Waals surface area (Å²) in [6.45, 7) is 2.13. The van der Waals surface area contributed by atoms with Crippen molar-refractivity contribution in [2.45, 2.75) is 19.6 Å². The van der Waals surface area contributed by atoms with Gasteiger partial charge in [0, 0.05) is 13.5 Å². The van der Waals surface area contributed by atoms with Gasteiger partial charge in [-0.3, -0.25) is 0 Å². The van der Waals surface area contributed by atoms with E-state index >= 15 is 0 Å². The number of aliphatic hydroxyl groups excluding tert-OH is 1. The van der Waals surface area contributed by atoms with Crippen LogP contribution in [0.25, 0.3) is 0 Å². The van der Waals surface area contributed by atoms with Crippen LogP contribution in [0, 0.1) is 0 Å². The van der Waals surface area contributed by atoms with Crippen molar-refractivity contribution in [3.8, 4) is 0 Å². The molecule has 0 amide bonds. The molecule has 0 heterocycles. The molecule has 0 bridgehead atoms. The van der Waals surface area contributed by atoms with Gasteiger partial charge in [-0.15, -0.1) is 0 Å². The third kappa shape index (κ3) is 3.64. The number of ether oxygens (including phenoxy) is 2. The normalized spacial score (nSPS) is 12.2. The molecule has 0 aliphatic heterocycles. The van der Waals surface area contributed by atoms with Crippen molar-refractivity contribution < 1.29 is 19.4 Å². The standard InChI is InChI=1S/C12H16O4/c1-3-16-12(14)10-6-4-9(5-7-10)8-11(13)15-2/h4-7,11,13H,3,8H2,1-2H3. The number of rotatable bonds is 5. The van der Waals surface area contributed by atoms with Crippen LogP contribution >= 0.6 is 0 Å². The maximum atomic E-state index is 11.3. The predicted octanol–water partition coefficient (Wildman–Crippen LogP) is 1.37. The van der Waals surface area contributed by atoms with Crippen LogP contribution in [0.4, 0.5) is 0 Å². The Bertz CT molecular complexity index is 331. The third-order valence-corrected chi connectivity index (χ3v) is 2.15. The molecule has 0 aliphatic rings. The van der Waals surface area contributed by atoms with E-state index in [1.54, 1.807) is 31.2 Å². The second kappa shape index (κ2) is 6.25. The fourth-order valence-corrected chi connectivity index (χ4v) is 1.28. The van der Waals surface area contributed by atoms with Gasteiger partial charge in [-0.1, -0.05) is 12.1 Å². The molecule has 0 aromatic heterocycles. The van der Waals surface area contributed by atoms with E-state index in [2.05, 4.69) is 0 Å². The summed E-state index contributed by atoms with van der Waals surface area (Å²) in [5.74, 6) is -0.332. The Morgan fingerprint density at radius 2 is 2.00 bits per heavy atom. The first-order chi connectivity index (χ1) is 7.67. The summed E-state index contributed by atoms with van der Waals surface area (Å²) >= 11 is 0. The van der Waals surface area contributed by atoms with Crippen LogP contribution in [-0.2, 0) is 15.9 Å². The largest absolute Gasteiger partial charge is 0.462 e. The van der Waals surface area contributed by atoms with Crippen LogP contribution in [0.5, 0.6) is 0 Å². The lowest BCUT2D eigenvalue weighted by Gasteiger charge is -2.08. The first kappa shape index (κ1) is 12.7. The number of hydrogen-bond donors (Lipinski definition) is 1. The zero-order chi connectivity index (χ0) is 12.0. The van der Waals surface area contributed by atoms with E-state index in [0.717, 1.165) is 5.56 Å². The van der Waals surface area contributed by atoms with Gasteiger partial charge in [-0.25, -0.2) is 4.79 Å². The van der Waals surface area contributed by atoms with Crippen LogP contribution in [0.3, 0.4) is 0 Å². The van der Waals surface area contributed by atoms with Crippen molar-refractivity contribution >= 4 is 5.97 Å². The highest BCUT2D eigenvalue weighted by Crippen LogP contribution is 2.08. The summed E-state index contributed by atoms with van der Waals surface area (Å²) < 4.78 is 9.59. The minimum atomic E-state index is -0.812. The summed E-state index contributed by atoms with van der Waals surface area (Å²) in [6.07, 6.45) is -0.409. The lowest BCUT2D eigenvalue weighted by Crippen LogP contribution is -2.12. The Balaban J connectivity index is 2.64. The first-order valence-electron chi connectivity index (χ1n) is 5.14. The highest BCUT2D eigenvalue weighted by atomic mass is 16.6. The Labute approximate surface area is 94.8 Å². The van der Waals surface area contributed by atoms with Gasteiger partial charge in [0.1, 0.15) is 0 Å². The highest BCUT2D eigenvalue weighted by Gasteiger charge is 2.07. The second-order valence-electron chi connectivity index (χ2n) is 3.31. The van der Waals surface area contributed by atoms with Gasteiger partial charge < -0.3 is 14.6 Å². The number of aliphatic hydroxyl groups is 1. The number of esters is 1. The predicted molar refractivity (Wildman–Crippen MR) is 59.1 cm³/mol. The zero-order valence-electron chi connectivity index (χ0n) is 9.47. The lowest BCUT2D eigenvalue weighted by atomic mass is 10.1. The van der Waals surface area contributed by atoms with E-state index in [1.165, 1.54) is 7.11 Å². The summed E-state index contributed by atoms with van der Waals surface area (Å²) in [6, 6.07) is 6.90. The number of hydrogen-bond acceptors (Lipinski definition) is 4. The van der Waals surface area contributed by atoms with Crippen LogP contribution in [-0.4, -0.2) is 31.1 Å². The monoisotopic (exact) mass is 224 g/mol. The third-order valence-electron chi connectivity index (χ3n) is 2.15. The van der Waals surface area contributed by atoms with Gasteiger partial charge in [0.15, 0.2) is 6.29 Å². The summed E-state index contributed by atoms with van der Waals surface area (Å²) in [4.78, 5) is 11.3. The molecule has 4 nitrogen and oxygen atoms in total. The molecule has 0 spiro atoms. The molecular formula is C12H16O4. The van der Waals surface area contributed by atoms with Crippen molar-refractivity contribution in [3.05, 3.63) is 35.4 Å². The van der Waals surface area contributed by atoms with E-state index in [4.69, 9.17) is 9.47 Å². The summed E-state index contributed by atoms with van der Waals surface area (Å²) in [5.41, 5.74) is 1.42. The molecule has 0 aliphatic carbocycles. The molecule has 1 unspecified atom stereocenters. The SMILES string of the molecule is CCOC(=O)c1ccc(CC(O)OC)cc1. The number of carbonyl (C=O) groups excluding carboxylic acids is 1. The lowest BCUT2D eigenvalue weighted by molar-refractivity contribution is -0.0720. The van der Waals surface area contributed by atoms with Gasteiger partial charge in [-0.05, 0) is 24.6 Å². The van der Waals surface area contributed by atoms with Crippen LogP contribution in [0.1, 0.15) is 22.8 Å². The molecule has 1 aromatic rings. The molecule has 1 rings (SSSR count). The molecular weight excluding hydrogens is 208 g/mol. The zero-order valence-corrected chi connectivity index (χ0v) is 9.47. The molecule has 4 heteroatoms. The maximum Gasteiger partial charge on any atom is 0.338 e. The van der Waals surface area contributed by atoms with E-state index in [-0.39, 0.29) is 5.97 Å². The average Bonchev–Trinajstić information content (AvgIpc) is 2.30. The Hall–Kier alpha value is -1.39. The average molecular weight is 224 g/mol. The first-order valence-corrected chi connectivity index (χ1v) is 5.14. The molecule has 1 N–H and O–H groups in total. The molecule has 1 aromatic carbocycles. The van der Waals surface area contributed by atoms with E-state index in [1.807, 2.05) is 0 Å². The van der Waals surface area contributed by atoms with Gasteiger partial charge >= 0.3 is 5.97 Å².